The molecule has 11 heteroatoms. The van der Waals surface area contributed by atoms with E-state index in [0.717, 1.165) is 0 Å². The number of non-ortho nitro benzene ring substituents is 1. The second kappa shape index (κ2) is 7.29. The first-order valence-corrected chi connectivity index (χ1v) is 6.05. The second-order valence-electron chi connectivity index (χ2n) is 4.33. The number of rotatable bonds is 7. The molecule has 1 aromatic carbocycles. The number of aliphatic hydroxyl groups excluding tert-OH is 2. The maximum absolute atomic E-state index is 12.0. The molecule has 1 rings (SSSR count). The number of carbonyl (C=O) groups excluding carboxylic acids is 1. The van der Waals surface area contributed by atoms with E-state index >= 15 is 0 Å². The monoisotopic (exact) mass is 328 g/mol. The van der Waals surface area contributed by atoms with Crippen LogP contribution in [0.15, 0.2) is 12.1 Å². The van der Waals surface area contributed by atoms with Gasteiger partial charge >= 0.3 is 11.9 Å². The molecule has 0 fully saturated rings. The van der Waals surface area contributed by atoms with E-state index in [-0.39, 0.29) is 0 Å². The fourth-order valence-electron chi connectivity index (χ4n) is 1.68. The van der Waals surface area contributed by atoms with Crippen LogP contribution in [0.1, 0.15) is 31.1 Å². The molecule has 0 spiro atoms. The fraction of sp³-hybridized carbons (Fsp3) is 0.250. The van der Waals surface area contributed by atoms with Crippen molar-refractivity contribution in [1.82, 2.24) is 5.32 Å². The van der Waals surface area contributed by atoms with Crippen molar-refractivity contribution in [3.05, 3.63) is 38.9 Å². The highest BCUT2D eigenvalue weighted by atomic mass is 16.6. The van der Waals surface area contributed by atoms with Crippen LogP contribution in [-0.2, 0) is 0 Å². The number of carbonyl (C=O) groups is 3. The minimum absolute atomic E-state index is 0.468. The zero-order valence-corrected chi connectivity index (χ0v) is 11.4. The summed E-state index contributed by atoms with van der Waals surface area (Å²) < 4.78 is 0. The summed E-state index contributed by atoms with van der Waals surface area (Å²) in [6.07, 6.45) is -1.33. The molecular weight excluding hydrogens is 316 g/mol. The standard InChI is InChI=1S/C12H12N2O9/c15-4-6(16)3-13-10(17)9-7(11(18)19)1-5(14(22)23)2-8(9)12(20)21/h1-2,6,15-16H,3-4H2,(H,13,17)(H,18,19)(H,20,21). The van der Waals surface area contributed by atoms with Gasteiger partial charge in [0, 0.05) is 18.7 Å². The predicted octanol–water partition coefficient (Wildman–Crippen LogP) is -0.926. The smallest absolute Gasteiger partial charge is 0.336 e. The number of aliphatic hydroxyl groups is 2. The van der Waals surface area contributed by atoms with Gasteiger partial charge in [0.05, 0.1) is 34.3 Å². The predicted molar refractivity (Wildman–Crippen MR) is 72.4 cm³/mol. The molecule has 1 unspecified atom stereocenters. The van der Waals surface area contributed by atoms with Crippen molar-refractivity contribution in [2.45, 2.75) is 6.10 Å². The van der Waals surface area contributed by atoms with E-state index in [1.54, 1.807) is 0 Å². The van der Waals surface area contributed by atoms with Gasteiger partial charge in [-0.2, -0.15) is 0 Å². The molecule has 0 aliphatic carbocycles. The Balaban J connectivity index is 3.43. The number of nitro groups is 1. The summed E-state index contributed by atoms with van der Waals surface area (Å²) in [5.74, 6) is -4.63. The van der Waals surface area contributed by atoms with Crippen LogP contribution in [0.4, 0.5) is 5.69 Å². The summed E-state index contributed by atoms with van der Waals surface area (Å²) in [6, 6.07) is 1.12. The fourth-order valence-corrected chi connectivity index (χ4v) is 1.68. The zero-order valence-electron chi connectivity index (χ0n) is 11.4. The third-order valence-electron chi connectivity index (χ3n) is 2.73. The number of hydrogen-bond acceptors (Lipinski definition) is 7. The van der Waals surface area contributed by atoms with Crippen molar-refractivity contribution in [2.24, 2.45) is 0 Å². The SMILES string of the molecule is O=C(O)c1cc([N+](=O)[O-])cc(C(=O)O)c1C(=O)NCC(O)CO. The van der Waals surface area contributed by atoms with Gasteiger partial charge < -0.3 is 25.7 Å². The number of nitro benzene ring substituents is 1. The molecule has 0 aliphatic rings. The highest BCUT2D eigenvalue weighted by Crippen LogP contribution is 2.23. The third-order valence-corrected chi connectivity index (χ3v) is 2.73. The molecule has 0 aromatic heterocycles. The Bertz CT molecular complexity index is 635. The topological polar surface area (TPSA) is 187 Å². The van der Waals surface area contributed by atoms with E-state index in [1.165, 1.54) is 0 Å². The number of carboxylic acids is 2. The molecule has 0 saturated heterocycles. The van der Waals surface area contributed by atoms with Crippen LogP contribution < -0.4 is 5.32 Å². The third kappa shape index (κ3) is 4.21. The van der Waals surface area contributed by atoms with E-state index in [1.807, 2.05) is 5.32 Å². The number of hydrogen-bond donors (Lipinski definition) is 5. The lowest BCUT2D eigenvalue weighted by atomic mass is 9.98. The normalized spacial score (nSPS) is 11.6. The van der Waals surface area contributed by atoms with Gasteiger partial charge in [0.25, 0.3) is 11.6 Å². The van der Waals surface area contributed by atoms with Crippen LogP contribution in [0.3, 0.4) is 0 Å². The first-order chi connectivity index (χ1) is 10.7. The quantitative estimate of drug-likeness (QED) is 0.311. The van der Waals surface area contributed by atoms with Crippen molar-refractivity contribution in [2.75, 3.05) is 13.2 Å². The molecule has 1 amide bonds. The molecule has 0 aliphatic heterocycles. The molecule has 0 saturated carbocycles. The molecule has 0 bridgehead atoms. The van der Waals surface area contributed by atoms with Gasteiger partial charge in [0.2, 0.25) is 0 Å². The highest BCUT2D eigenvalue weighted by molar-refractivity contribution is 6.12. The Morgan fingerprint density at radius 1 is 1.17 bits per heavy atom. The molecule has 1 atom stereocenters. The zero-order chi connectivity index (χ0) is 17.7. The number of nitrogens with zero attached hydrogens (tertiary/aromatic N) is 1. The summed E-state index contributed by atoms with van der Waals surface area (Å²) >= 11 is 0. The van der Waals surface area contributed by atoms with E-state index in [9.17, 15) is 24.5 Å². The molecule has 0 heterocycles. The van der Waals surface area contributed by atoms with Gasteiger partial charge in [0.1, 0.15) is 0 Å². The van der Waals surface area contributed by atoms with E-state index in [4.69, 9.17) is 20.4 Å². The summed E-state index contributed by atoms with van der Waals surface area (Å²) in [4.78, 5) is 44.1. The Morgan fingerprint density at radius 2 is 1.65 bits per heavy atom. The van der Waals surface area contributed by atoms with Gasteiger partial charge in [-0.25, -0.2) is 9.59 Å². The average molecular weight is 328 g/mol. The minimum atomic E-state index is -1.73. The van der Waals surface area contributed by atoms with E-state index in [2.05, 4.69) is 0 Å². The lowest BCUT2D eigenvalue weighted by Crippen LogP contribution is -2.35. The van der Waals surface area contributed by atoms with Crippen molar-refractivity contribution in [1.29, 1.82) is 0 Å². The Hall–Kier alpha value is -3.05. The average Bonchev–Trinajstić information content (AvgIpc) is 2.50. The minimum Gasteiger partial charge on any atom is -0.478 e. The van der Waals surface area contributed by atoms with Crippen molar-refractivity contribution in [3.8, 4) is 0 Å². The number of nitrogens with one attached hydrogen (secondary N) is 1. The Kier molecular flexibility index (Phi) is 5.70. The molecule has 0 radical (unpaired) electrons. The lowest BCUT2D eigenvalue weighted by Gasteiger charge is -2.12. The number of aromatic carboxylic acids is 2. The molecule has 124 valence electrons. The van der Waals surface area contributed by atoms with Crippen molar-refractivity contribution in [3.63, 3.8) is 0 Å². The Morgan fingerprint density at radius 3 is 2.00 bits per heavy atom. The highest BCUT2D eigenvalue weighted by Gasteiger charge is 2.28. The molecule has 11 nitrogen and oxygen atoms in total. The maximum atomic E-state index is 12.0. The molecular formula is C12H12N2O9. The van der Waals surface area contributed by atoms with E-state index < -0.39 is 64.4 Å². The van der Waals surface area contributed by atoms with Crippen LogP contribution in [0.5, 0.6) is 0 Å². The van der Waals surface area contributed by atoms with E-state index in [0.29, 0.717) is 12.1 Å². The van der Waals surface area contributed by atoms with Gasteiger partial charge in [-0.15, -0.1) is 0 Å². The Labute approximate surface area is 127 Å². The summed E-state index contributed by atoms with van der Waals surface area (Å²) in [5.41, 5.74) is -3.33. The number of carboxylic acid groups (broad SMARTS) is 2. The molecule has 23 heavy (non-hydrogen) atoms. The molecule has 1 aromatic rings. The molecule has 5 N–H and O–H groups in total. The van der Waals surface area contributed by atoms with Crippen molar-refractivity contribution >= 4 is 23.5 Å². The first kappa shape index (κ1) is 18.0. The van der Waals surface area contributed by atoms with Gasteiger partial charge in [0.15, 0.2) is 0 Å². The second-order valence-corrected chi connectivity index (χ2v) is 4.33. The summed E-state index contributed by atoms with van der Waals surface area (Å²) in [6.45, 7) is -1.15. The maximum Gasteiger partial charge on any atom is 0.336 e. The lowest BCUT2D eigenvalue weighted by molar-refractivity contribution is -0.384. The van der Waals surface area contributed by atoms with Crippen LogP contribution in [0.25, 0.3) is 0 Å². The van der Waals surface area contributed by atoms with Gasteiger partial charge in [-0.3, -0.25) is 14.9 Å². The number of amides is 1. The van der Waals surface area contributed by atoms with Gasteiger partial charge in [-0.1, -0.05) is 0 Å². The van der Waals surface area contributed by atoms with Crippen LogP contribution in [0, 0.1) is 10.1 Å². The summed E-state index contributed by atoms with van der Waals surface area (Å²) in [5, 5.41) is 48.7. The largest absolute Gasteiger partial charge is 0.478 e. The van der Waals surface area contributed by atoms with Crippen molar-refractivity contribution < 1.29 is 39.7 Å². The van der Waals surface area contributed by atoms with Crippen LogP contribution in [0.2, 0.25) is 0 Å². The van der Waals surface area contributed by atoms with Crippen LogP contribution in [-0.4, -0.2) is 62.5 Å². The first-order valence-electron chi connectivity index (χ1n) is 6.05. The van der Waals surface area contributed by atoms with Gasteiger partial charge in [-0.05, 0) is 0 Å². The van der Waals surface area contributed by atoms with Crippen LogP contribution >= 0.6 is 0 Å². The number of benzene rings is 1. The summed E-state index contributed by atoms with van der Waals surface area (Å²) in [7, 11) is 0.